The van der Waals surface area contributed by atoms with Crippen LogP contribution >= 0.6 is 11.6 Å². The summed E-state index contributed by atoms with van der Waals surface area (Å²) in [5.41, 5.74) is 3.06. The second kappa shape index (κ2) is 8.26. The molecule has 0 fully saturated rings. The van der Waals surface area contributed by atoms with Crippen LogP contribution in [0.5, 0.6) is 0 Å². The second-order valence-electron chi connectivity index (χ2n) is 7.24. The highest BCUT2D eigenvalue weighted by molar-refractivity contribution is 7.89. The van der Waals surface area contributed by atoms with E-state index >= 15 is 0 Å². The Hall–Kier alpha value is -3.00. The molecule has 1 heterocycles. The molecule has 6 nitrogen and oxygen atoms in total. The summed E-state index contributed by atoms with van der Waals surface area (Å²) in [4.78, 5) is 12.6. The zero-order valence-electron chi connectivity index (χ0n) is 17.0. The number of halogens is 1. The molecule has 0 unspecified atom stereocenters. The number of fused-ring (bicyclic) bond motifs is 1. The van der Waals surface area contributed by atoms with Crippen molar-refractivity contribution in [3.8, 4) is 11.3 Å². The van der Waals surface area contributed by atoms with E-state index in [9.17, 15) is 13.2 Å². The van der Waals surface area contributed by atoms with Crippen LogP contribution in [-0.4, -0.2) is 18.2 Å². The van der Waals surface area contributed by atoms with Crippen molar-refractivity contribution in [3.05, 3.63) is 93.2 Å². The molecule has 4 rings (SSSR count). The van der Waals surface area contributed by atoms with Crippen molar-refractivity contribution < 1.29 is 8.42 Å². The largest absolute Gasteiger partial charge is 0.274 e. The third kappa shape index (κ3) is 4.25. The number of benzene rings is 3. The van der Waals surface area contributed by atoms with Crippen LogP contribution in [0.2, 0.25) is 5.02 Å². The van der Waals surface area contributed by atoms with Gasteiger partial charge in [0.15, 0.2) is 0 Å². The summed E-state index contributed by atoms with van der Waals surface area (Å²) in [7, 11) is -2.07. The number of rotatable bonds is 5. The number of nitrogens with one attached hydrogen (secondary N) is 1. The van der Waals surface area contributed by atoms with Crippen LogP contribution in [0.4, 0.5) is 0 Å². The maximum atomic E-state index is 12.6. The number of aryl methyl sites for hydroxylation is 2. The van der Waals surface area contributed by atoms with Gasteiger partial charge in [-0.15, -0.1) is 0 Å². The minimum absolute atomic E-state index is 0.119. The maximum Gasteiger partial charge on any atom is 0.274 e. The van der Waals surface area contributed by atoms with Gasteiger partial charge in [0, 0.05) is 29.6 Å². The lowest BCUT2D eigenvalue weighted by atomic mass is 10.00. The summed E-state index contributed by atoms with van der Waals surface area (Å²) >= 11 is 5.85. The maximum absolute atomic E-state index is 12.6. The lowest BCUT2D eigenvalue weighted by Gasteiger charge is -2.13. The zero-order chi connectivity index (χ0) is 22.2. The molecule has 0 atom stereocenters. The highest BCUT2D eigenvalue weighted by atomic mass is 35.5. The second-order valence-corrected chi connectivity index (χ2v) is 9.45. The molecule has 0 bridgehead atoms. The van der Waals surface area contributed by atoms with Gasteiger partial charge in [-0.25, -0.2) is 17.8 Å². The van der Waals surface area contributed by atoms with Crippen molar-refractivity contribution in [2.45, 2.75) is 18.4 Å². The summed E-state index contributed by atoms with van der Waals surface area (Å²) in [6.07, 6.45) is 0. The van der Waals surface area contributed by atoms with Crippen LogP contribution in [-0.2, 0) is 23.6 Å². The number of hydrogen-bond acceptors (Lipinski definition) is 4. The van der Waals surface area contributed by atoms with Crippen LogP contribution in [0.25, 0.3) is 22.0 Å². The molecule has 158 valence electrons. The molecular formula is C23H20ClN3O3S. The van der Waals surface area contributed by atoms with Crippen LogP contribution in [0.15, 0.2) is 76.4 Å². The minimum Gasteiger partial charge on any atom is -0.267 e. The normalized spacial score (nSPS) is 11.7. The quantitative estimate of drug-likeness (QED) is 0.494. The Morgan fingerprint density at radius 2 is 1.68 bits per heavy atom. The van der Waals surface area contributed by atoms with Gasteiger partial charge in [0.25, 0.3) is 5.56 Å². The van der Waals surface area contributed by atoms with Gasteiger partial charge in [-0.05, 0) is 54.4 Å². The predicted octanol–water partition coefficient (Wildman–Crippen LogP) is 4.04. The van der Waals surface area contributed by atoms with E-state index in [4.69, 9.17) is 11.6 Å². The molecule has 1 N–H and O–H groups in total. The molecule has 0 aliphatic heterocycles. The predicted molar refractivity (Wildman–Crippen MR) is 123 cm³/mol. The fourth-order valence-electron chi connectivity index (χ4n) is 3.39. The standard InChI is InChI=1S/C23H20ClN3O3S/c1-15-7-8-16(22-20-5-3-4-6-21(20)23(28)27(2)26-22)13-17(15)14-25-31(29,30)19-11-9-18(24)10-12-19/h3-13,25H,14H2,1-2H3. The molecular weight excluding hydrogens is 434 g/mol. The molecule has 8 heteroatoms. The SMILES string of the molecule is Cc1ccc(-c2nn(C)c(=O)c3ccccc23)cc1CNS(=O)(=O)c1ccc(Cl)cc1. The molecule has 3 aromatic carbocycles. The Balaban J connectivity index is 1.70. The lowest BCUT2D eigenvalue weighted by molar-refractivity contribution is 0.581. The molecule has 31 heavy (non-hydrogen) atoms. The van der Waals surface area contributed by atoms with Crippen molar-refractivity contribution in [1.82, 2.24) is 14.5 Å². The van der Waals surface area contributed by atoms with E-state index < -0.39 is 10.0 Å². The van der Waals surface area contributed by atoms with Crippen LogP contribution in [0, 0.1) is 6.92 Å². The average Bonchev–Trinajstić information content (AvgIpc) is 2.76. The fourth-order valence-corrected chi connectivity index (χ4v) is 4.52. The Labute approximate surface area is 185 Å². The van der Waals surface area contributed by atoms with Crippen LogP contribution in [0.1, 0.15) is 11.1 Å². The Morgan fingerprint density at radius 3 is 2.39 bits per heavy atom. The first-order chi connectivity index (χ1) is 14.8. The fraction of sp³-hybridized carbons (Fsp3) is 0.130. The van der Waals surface area contributed by atoms with Gasteiger partial charge < -0.3 is 0 Å². The third-order valence-electron chi connectivity index (χ3n) is 5.16. The summed E-state index contributed by atoms with van der Waals surface area (Å²) < 4.78 is 29.2. The number of sulfonamides is 1. The Kier molecular flexibility index (Phi) is 5.66. The Bertz CT molecular complexity index is 1450. The van der Waals surface area contributed by atoms with Crippen molar-refractivity contribution in [3.63, 3.8) is 0 Å². The topological polar surface area (TPSA) is 81.1 Å². The van der Waals surface area contributed by atoms with Crippen LogP contribution in [0.3, 0.4) is 0 Å². The van der Waals surface area contributed by atoms with E-state index in [0.717, 1.165) is 22.1 Å². The molecule has 0 saturated carbocycles. The molecule has 0 spiro atoms. The molecule has 0 aliphatic carbocycles. The first-order valence-electron chi connectivity index (χ1n) is 9.57. The molecule has 0 saturated heterocycles. The highest BCUT2D eigenvalue weighted by Gasteiger charge is 2.16. The van der Waals surface area contributed by atoms with Gasteiger partial charge in [-0.2, -0.15) is 5.10 Å². The number of nitrogens with zero attached hydrogens (tertiary/aromatic N) is 2. The third-order valence-corrected chi connectivity index (χ3v) is 6.82. The van der Waals surface area contributed by atoms with Gasteiger partial charge in [-0.1, -0.05) is 41.9 Å². The molecule has 0 radical (unpaired) electrons. The van der Waals surface area contributed by atoms with E-state index in [1.54, 1.807) is 25.2 Å². The van der Waals surface area contributed by atoms with Crippen molar-refractivity contribution in [2.75, 3.05) is 0 Å². The number of hydrogen-bond donors (Lipinski definition) is 1. The molecule has 0 amide bonds. The number of aromatic nitrogens is 2. The first-order valence-corrected chi connectivity index (χ1v) is 11.4. The summed E-state index contributed by atoms with van der Waals surface area (Å²) in [6, 6.07) is 19.1. The summed E-state index contributed by atoms with van der Waals surface area (Å²) in [5.74, 6) is 0. The van der Waals surface area contributed by atoms with Gasteiger partial charge in [0.05, 0.1) is 16.0 Å². The first kappa shape index (κ1) is 21.2. The van der Waals surface area contributed by atoms with Gasteiger partial charge >= 0.3 is 0 Å². The van der Waals surface area contributed by atoms with Gasteiger partial charge in [0.2, 0.25) is 10.0 Å². The van der Waals surface area contributed by atoms with E-state index in [-0.39, 0.29) is 17.0 Å². The summed E-state index contributed by atoms with van der Waals surface area (Å²) in [6.45, 7) is 2.04. The van der Waals surface area contributed by atoms with E-state index in [1.807, 2.05) is 43.3 Å². The van der Waals surface area contributed by atoms with Gasteiger partial charge in [0.1, 0.15) is 0 Å². The lowest BCUT2D eigenvalue weighted by Crippen LogP contribution is -2.23. The molecule has 1 aromatic heterocycles. The van der Waals surface area contributed by atoms with Crippen LogP contribution < -0.4 is 10.3 Å². The van der Waals surface area contributed by atoms with Gasteiger partial charge in [-0.3, -0.25) is 4.79 Å². The smallest absolute Gasteiger partial charge is 0.267 e. The molecule has 0 aliphatic rings. The van der Waals surface area contributed by atoms with Crippen molar-refractivity contribution in [2.24, 2.45) is 7.05 Å². The van der Waals surface area contributed by atoms with Crippen molar-refractivity contribution in [1.29, 1.82) is 0 Å². The minimum atomic E-state index is -3.69. The average molecular weight is 454 g/mol. The van der Waals surface area contributed by atoms with E-state index in [0.29, 0.717) is 16.1 Å². The van der Waals surface area contributed by atoms with Crippen molar-refractivity contribution >= 4 is 32.4 Å². The Morgan fingerprint density at radius 1 is 1.00 bits per heavy atom. The highest BCUT2D eigenvalue weighted by Crippen LogP contribution is 2.26. The van der Waals surface area contributed by atoms with E-state index in [1.165, 1.54) is 16.8 Å². The molecule has 4 aromatic rings. The monoisotopic (exact) mass is 453 g/mol. The van der Waals surface area contributed by atoms with E-state index in [2.05, 4.69) is 9.82 Å². The summed E-state index contributed by atoms with van der Waals surface area (Å²) in [5, 5.41) is 6.27. The zero-order valence-corrected chi connectivity index (χ0v) is 18.5.